The molecule has 2 aliphatic heterocycles. The lowest BCUT2D eigenvalue weighted by atomic mass is 10.1. The first kappa shape index (κ1) is 20.6. The van der Waals surface area contributed by atoms with Crippen LogP contribution in [0.4, 0.5) is 0 Å². The molecule has 2 heterocycles. The maximum atomic E-state index is 13.1. The van der Waals surface area contributed by atoms with Crippen LogP contribution in [0.3, 0.4) is 0 Å². The highest BCUT2D eigenvalue weighted by Gasteiger charge is 2.36. The highest BCUT2D eigenvalue weighted by molar-refractivity contribution is 7.89. The van der Waals surface area contributed by atoms with E-state index in [9.17, 15) is 18.5 Å². The highest BCUT2D eigenvalue weighted by atomic mass is 35.5. The molecule has 2 saturated heterocycles. The van der Waals surface area contributed by atoms with Gasteiger partial charge in [0.1, 0.15) is 11.0 Å². The fourth-order valence-corrected chi connectivity index (χ4v) is 5.27. The van der Waals surface area contributed by atoms with Crippen LogP contribution in [0.15, 0.2) is 23.1 Å². The third kappa shape index (κ3) is 3.86. The van der Waals surface area contributed by atoms with Crippen LogP contribution in [0.1, 0.15) is 24.0 Å². The third-order valence-corrected chi connectivity index (χ3v) is 6.80. The number of nitrogens with zero attached hydrogens (tertiary/aromatic N) is 3. The number of piperazine rings is 1. The van der Waals surface area contributed by atoms with Crippen molar-refractivity contribution in [3.05, 3.63) is 29.3 Å². The summed E-state index contributed by atoms with van der Waals surface area (Å²) in [6.07, 6.45) is 1.51. The van der Waals surface area contributed by atoms with E-state index < -0.39 is 10.0 Å². The monoisotopic (exact) mass is 398 g/mol. The quantitative estimate of drug-likeness (QED) is 0.815. The molecule has 0 bridgehead atoms. The van der Waals surface area contributed by atoms with E-state index in [-0.39, 0.29) is 41.4 Å². The van der Waals surface area contributed by atoms with E-state index in [4.69, 9.17) is 0 Å². The van der Waals surface area contributed by atoms with Gasteiger partial charge in [-0.2, -0.15) is 9.57 Å². The summed E-state index contributed by atoms with van der Waals surface area (Å²) >= 11 is 0. The van der Waals surface area contributed by atoms with Crippen molar-refractivity contribution in [2.75, 3.05) is 32.7 Å². The van der Waals surface area contributed by atoms with Gasteiger partial charge in [0.2, 0.25) is 15.9 Å². The molecule has 2 aliphatic rings. The number of benzene rings is 1. The van der Waals surface area contributed by atoms with E-state index in [1.807, 2.05) is 6.07 Å². The lowest BCUT2D eigenvalue weighted by Crippen LogP contribution is -2.57. The van der Waals surface area contributed by atoms with Gasteiger partial charge in [-0.15, -0.1) is 12.4 Å². The Morgan fingerprint density at radius 2 is 2.08 bits per heavy atom. The molecule has 0 spiro atoms. The number of sulfonamides is 1. The fourth-order valence-electron chi connectivity index (χ4n) is 3.54. The van der Waals surface area contributed by atoms with Gasteiger partial charge in [-0.1, -0.05) is 12.1 Å². The number of piperidine rings is 1. The maximum Gasteiger partial charge on any atom is 0.244 e. The molecule has 1 amide bonds. The fraction of sp³-hybridized carbons (Fsp3) is 0.529. The normalized spacial score (nSPS) is 21.8. The zero-order valence-corrected chi connectivity index (χ0v) is 16.3. The molecule has 1 N–H and O–H groups in total. The second-order valence-corrected chi connectivity index (χ2v) is 8.39. The maximum absolute atomic E-state index is 13.1. The van der Waals surface area contributed by atoms with Gasteiger partial charge >= 0.3 is 0 Å². The second kappa shape index (κ2) is 8.35. The van der Waals surface area contributed by atoms with E-state index in [2.05, 4.69) is 5.32 Å². The zero-order valence-electron chi connectivity index (χ0n) is 14.6. The molecule has 2 fully saturated rings. The standard InChI is InChI=1S/C17H22N4O3S.ClH/c1-13-4-2-6-16(15(13)10-18)25(23,24)20-8-3-5-14(12-20)21-9-7-19-11-17(21)22;/h2,4,6,14,19H,3,5,7-9,11-12H2,1H3;1H. The van der Waals surface area contributed by atoms with E-state index >= 15 is 0 Å². The number of hydrogen-bond acceptors (Lipinski definition) is 5. The summed E-state index contributed by atoms with van der Waals surface area (Å²) in [4.78, 5) is 14.0. The van der Waals surface area contributed by atoms with Crippen molar-refractivity contribution in [2.45, 2.75) is 30.7 Å². The Balaban J connectivity index is 0.00000243. The summed E-state index contributed by atoms with van der Waals surface area (Å²) in [5, 5.41) is 12.4. The number of halogens is 1. The smallest absolute Gasteiger partial charge is 0.244 e. The van der Waals surface area contributed by atoms with E-state index in [0.29, 0.717) is 31.6 Å². The highest BCUT2D eigenvalue weighted by Crippen LogP contribution is 2.26. The summed E-state index contributed by atoms with van der Waals surface area (Å²) < 4.78 is 27.6. The molecule has 0 aromatic heterocycles. The summed E-state index contributed by atoms with van der Waals surface area (Å²) in [7, 11) is -3.76. The molecule has 9 heteroatoms. The van der Waals surface area contributed by atoms with Crippen molar-refractivity contribution in [3.8, 4) is 6.07 Å². The number of carbonyl (C=O) groups is 1. The van der Waals surface area contributed by atoms with Crippen molar-refractivity contribution in [2.24, 2.45) is 0 Å². The summed E-state index contributed by atoms with van der Waals surface area (Å²) in [6, 6.07) is 6.78. The zero-order chi connectivity index (χ0) is 18.0. The van der Waals surface area contributed by atoms with Gasteiger partial charge in [-0.3, -0.25) is 4.79 Å². The van der Waals surface area contributed by atoms with Crippen LogP contribution in [-0.2, 0) is 14.8 Å². The largest absolute Gasteiger partial charge is 0.336 e. The molecule has 0 aliphatic carbocycles. The number of amides is 1. The van der Waals surface area contributed by atoms with Crippen LogP contribution in [0.5, 0.6) is 0 Å². The molecule has 26 heavy (non-hydrogen) atoms. The first-order valence-electron chi connectivity index (χ1n) is 8.45. The van der Waals surface area contributed by atoms with Gasteiger partial charge in [0.15, 0.2) is 0 Å². The Morgan fingerprint density at radius 1 is 1.31 bits per heavy atom. The second-order valence-electron chi connectivity index (χ2n) is 6.48. The molecule has 1 aromatic rings. The number of rotatable bonds is 3. The minimum absolute atomic E-state index is 0. The molecule has 3 rings (SSSR count). The van der Waals surface area contributed by atoms with E-state index in [1.165, 1.54) is 10.4 Å². The first-order chi connectivity index (χ1) is 11.9. The van der Waals surface area contributed by atoms with Gasteiger partial charge < -0.3 is 10.2 Å². The van der Waals surface area contributed by atoms with Crippen molar-refractivity contribution in [1.29, 1.82) is 5.26 Å². The summed E-state index contributed by atoms with van der Waals surface area (Å²) in [5.41, 5.74) is 0.845. The van der Waals surface area contributed by atoms with Crippen LogP contribution in [0, 0.1) is 18.3 Å². The van der Waals surface area contributed by atoms with Crippen molar-refractivity contribution in [3.63, 3.8) is 0 Å². The molecule has 0 radical (unpaired) electrons. The summed E-state index contributed by atoms with van der Waals surface area (Å²) in [6.45, 7) is 4.07. The van der Waals surface area contributed by atoms with Crippen LogP contribution in [0.25, 0.3) is 0 Å². The van der Waals surface area contributed by atoms with Crippen molar-refractivity contribution < 1.29 is 13.2 Å². The van der Waals surface area contributed by atoms with Gasteiger partial charge in [0, 0.05) is 32.2 Å². The Kier molecular flexibility index (Phi) is 6.64. The predicted molar refractivity (Wildman–Crippen MR) is 99.5 cm³/mol. The third-order valence-electron chi connectivity index (χ3n) is 4.89. The molecular weight excluding hydrogens is 376 g/mol. The van der Waals surface area contributed by atoms with E-state index in [1.54, 1.807) is 24.0 Å². The Hall–Kier alpha value is -1.66. The Labute approximate surface area is 160 Å². The van der Waals surface area contributed by atoms with Crippen LogP contribution >= 0.6 is 12.4 Å². The lowest BCUT2D eigenvalue weighted by molar-refractivity contribution is -0.135. The molecule has 1 atom stereocenters. The Morgan fingerprint density at radius 3 is 2.77 bits per heavy atom. The van der Waals surface area contributed by atoms with Gasteiger partial charge in [-0.25, -0.2) is 8.42 Å². The molecule has 7 nitrogen and oxygen atoms in total. The number of hydrogen-bond donors (Lipinski definition) is 1. The van der Waals surface area contributed by atoms with E-state index in [0.717, 1.165) is 13.0 Å². The van der Waals surface area contributed by atoms with Crippen LogP contribution in [-0.4, -0.2) is 62.3 Å². The SMILES string of the molecule is Cc1cccc(S(=O)(=O)N2CCCC(N3CCNCC3=O)C2)c1C#N.Cl. The van der Waals surface area contributed by atoms with Crippen LogP contribution < -0.4 is 5.32 Å². The van der Waals surface area contributed by atoms with Gasteiger partial charge in [0.25, 0.3) is 0 Å². The predicted octanol–water partition coefficient (Wildman–Crippen LogP) is 0.873. The molecule has 142 valence electrons. The Bertz CT molecular complexity index is 822. The first-order valence-corrected chi connectivity index (χ1v) is 9.89. The van der Waals surface area contributed by atoms with Crippen molar-refractivity contribution >= 4 is 28.3 Å². The topological polar surface area (TPSA) is 93.5 Å². The molecular formula is C17H23ClN4O3S. The number of nitrogens with one attached hydrogen (secondary N) is 1. The minimum atomic E-state index is -3.76. The minimum Gasteiger partial charge on any atom is -0.336 e. The van der Waals surface area contributed by atoms with Gasteiger partial charge in [-0.05, 0) is 31.4 Å². The molecule has 0 saturated carbocycles. The number of nitriles is 1. The number of aryl methyl sites for hydroxylation is 1. The molecule has 1 unspecified atom stereocenters. The average molecular weight is 399 g/mol. The lowest BCUT2D eigenvalue weighted by Gasteiger charge is -2.40. The molecule has 1 aromatic carbocycles. The average Bonchev–Trinajstić information content (AvgIpc) is 2.62. The number of carbonyl (C=O) groups excluding carboxylic acids is 1. The van der Waals surface area contributed by atoms with Crippen LogP contribution in [0.2, 0.25) is 0 Å². The van der Waals surface area contributed by atoms with Crippen molar-refractivity contribution in [1.82, 2.24) is 14.5 Å². The summed E-state index contributed by atoms with van der Waals surface area (Å²) in [5.74, 6) is 0.0174. The van der Waals surface area contributed by atoms with Gasteiger partial charge in [0.05, 0.1) is 12.1 Å².